The topological polar surface area (TPSA) is 41.1 Å². The van der Waals surface area contributed by atoms with Crippen LogP contribution in [0.4, 0.5) is 20.2 Å². The van der Waals surface area contributed by atoms with Crippen LogP contribution < -0.4 is 10.6 Å². The Morgan fingerprint density at radius 2 is 1.72 bits per heavy atom. The highest BCUT2D eigenvalue weighted by molar-refractivity contribution is 7.99. The summed E-state index contributed by atoms with van der Waals surface area (Å²) in [6.45, 7) is 2.06. The lowest BCUT2D eigenvalue weighted by molar-refractivity contribution is -0.114. The van der Waals surface area contributed by atoms with Gasteiger partial charge in [0.25, 0.3) is 5.76 Å². The highest BCUT2D eigenvalue weighted by atomic mass is 35.5. The number of thioether (sulfide) groups is 1. The minimum Gasteiger partial charge on any atom is -0.381 e. The molecule has 3 nitrogen and oxygen atoms in total. The van der Waals surface area contributed by atoms with E-state index in [9.17, 15) is 13.6 Å². The zero-order chi connectivity index (χ0) is 20.8. The van der Waals surface area contributed by atoms with Crippen molar-refractivity contribution in [2.75, 3.05) is 10.6 Å². The molecule has 3 aromatic rings. The molecule has 0 heterocycles. The van der Waals surface area contributed by atoms with Crippen LogP contribution in [0.5, 0.6) is 0 Å². The zero-order valence-electron chi connectivity index (χ0n) is 15.6. The molecule has 3 aromatic carbocycles. The van der Waals surface area contributed by atoms with Crippen molar-refractivity contribution in [3.63, 3.8) is 0 Å². The van der Waals surface area contributed by atoms with E-state index in [2.05, 4.69) is 10.6 Å². The average molecular weight is 433 g/mol. The molecule has 0 aliphatic carbocycles. The Kier molecular flexibility index (Phi) is 7.12. The zero-order valence-corrected chi connectivity index (χ0v) is 17.2. The highest BCUT2D eigenvalue weighted by Gasteiger charge is 2.11. The molecule has 0 saturated heterocycles. The first-order valence-electron chi connectivity index (χ1n) is 8.86. The normalized spacial score (nSPS) is 10.8. The summed E-state index contributed by atoms with van der Waals surface area (Å²) >= 11 is 6.37. The summed E-state index contributed by atoms with van der Waals surface area (Å²) in [5.41, 5.74) is 4.11. The van der Waals surface area contributed by atoms with Gasteiger partial charge in [0.1, 0.15) is 0 Å². The number of benzene rings is 3. The van der Waals surface area contributed by atoms with Gasteiger partial charge in [0.15, 0.2) is 0 Å². The molecule has 150 valence electrons. The summed E-state index contributed by atoms with van der Waals surface area (Å²) in [5.74, 6) is -2.73. The number of anilines is 2. The van der Waals surface area contributed by atoms with Crippen LogP contribution in [0, 0.1) is 0 Å². The van der Waals surface area contributed by atoms with Gasteiger partial charge in [0.05, 0.1) is 0 Å². The molecule has 0 bridgehead atoms. The average Bonchev–Trinajstić information content (AvgIpc) is 2.68. The van der Waals surface area contributed by atoms with E-state index in [-0.39, 0.29) is 5.91 Å². The molecule has 29 heavy (non-hydrogen) atoms. The van der Waals surface area contributed by atoms with Gasteiger partial charge < -0.3 is 10.6 Å². The van der Waals surface area contributed by atoms with Gasteiger partial charge in [-0.1, -0.05) is 47.6 Å². The lowest BCUT2D eigenvalue weighted by atomic mass is 10.0. The summed E-state index contributed by atoms with van der Waals surface area (Å²) in [7, 11) is 0. The molecule has 0 saturated carbocycles. The van der Waals surface area contributed by atoms with E-state index in [1.807, 2.05) is 48.5 Å². The van der Waals surface area contributed by atoms with E-state index in [0.717, 1.165) is 16.8 Å². The minimum atomic E-state index is -2.51. The van der Waals surface area contributed by atoms with Crippen molar-refractivity contribution in [1.82, 2.24) is 0 Å². The maximum absolute atomic E-state index is 12.7. The molecule has 0 unspecified atom stereocenters. The van der Waals surface area contributed by atoms with Gasteiger partial charge in [-0.05, 0) is 53.6 Å². The van der Waals surface area contributed by atoms with Gasteiger partial charge in [-0.2, -0.15) is 8.78 Å². The van der Waals surface area contributed by atoms with Gasteiger partial charge in [-0.25, -0.2) is 0 Å². The summed E-state index contributed by atoms with van der Waals surface area (Å²) in [4.78, 5) is 11.9. The number of rotatable bonds is 7. The van der Waals surface area contributed by atoms with Crippen molar-refractivity contribution in [3.8, 4) is 11.1 Å². The Hall–Kier alpha value is -2.57. The SMILES string of the molecule is CC(=O)Nc1ccc(SC(F)F)cc1-c1ccc(NCc2ccc(Cl)cc2)cc1. The number of alkyl halides is 2. The van der Waals surface area contributed by atoms with Crippen LogP contribution in [0.15, 0.2) is 71.6 Å². The quantitative estimate of drug-likeness (QED) is 0.399. The molecule has 0 fully saturated rings. The van der Waals surface area contributed by atoms with Crippen LogP contribution in [0.25, 0.3) is 11.1 Å². The number of nitrogens with one attached hydrogen (secondary N) is 2. The molecular formula is C22H19ClF2N2OS. The van der Waals surface area contributed by atoms with Crippen LogP contribution in [-0.2, 0) is 11.3 Å². The molecule has 0 radical (unpaired) electrons. The molecule has 3 rings (SSSR count). The van der Waals surface area contributed by atoms with Gasteiger partial charge in [-0.15, -0.1) is 0 Å². The van der Waals surface area contributed by atoms with Crippen molar-refractivity contribution in [2.45, 2.75) is 24.1 Å². The van der Waals surface area contributed by atoms with Crippen molar-refractivity contribution >= 4 is 40.6 Å². The highest BCUT2D eigenvalue weighted by Crippen LogP contribution is 2.35. The summed E-state index contributed by atoms with van der Waals surface area (Å²) < 4.78 is 25.5. The standard InChI is InChI=1S/C22H19ClF2N2OS/c1-14(28)27-21-11-10-19(29-22(24)25)12-20(21)16-4-8-18(9-5-16)26-13-15-2-6-17(23)7-3-15/h2-12,22,26H,13H2,1H3,(H,27,28). The van der Waals surface area contributed by atoms with E-state index in [1.165, 1.54) is 6.92 Å². The van der Waals surface area contributed by atoms with Gasteiger partial charge in [0, 0.05) is 40.3 Å². The number of hydrogen-bond donors (Lipinski definition) is 2. The van der Waals surface area contributed by atoms with Crippen LogP contribution in [0.3, 0.4) is 0 Å². The van der Waals surface area contributed by atoms with E-state index in [1.54, 1.807) is 18.2 Å². The minimum absolute atomic E-state index is 0.221. The molecule has 0 spiro atoms. The molecule has 0 aromatic heterocycles. The summed E-state index contributed by atoms with van der Waals surface area (Å²) in [6.07, 6.45) is 0. The lowest BCUT2D eigenvalue weighted by Gasteiger charge is -2.13. The van der Waals surface area contributed by atoms with E-state index < -0.39 is 5.76 Å². The number of carbonyl (C=O) groups is 1. The van der Waals surface area contributed by atoms with Gasteiger partial charge >= 0.3 is 0 Å². The second-order valence-corrected chi connectivity index (χ2v) is 7.82. The third-order valence-electron chi connectivity index (χ3n) is 4.13. The predicted octanol–water partition coefficient (Wildman–Crippen LogP) is 6.89. The third-order valence-corrected chi connectivity index (χ3v) is 5.09. The Balaban J connectivity index is 1.79. The van der Waals surface area contributed by atoms with Crippen LogP contribution in [0.1, 0.15) is 12.5 Å². The largest absolute Gasteiger partial charge is 0.381 e. The van der Waals surface area contributed by atoms with Crippen LogP contribution >= 0.6 is 23.4 Å². The van der Waals surface area contributed by atoms with Crippen molar-refractivity contribution < 1.29 is 13.6 Å². The first kappa shape index (κ1) is 21.1. The van der Waals surface area contributed by atoms with E-state index in [4.69, 9.17) is 11.6 Å². The molecule has 1 amide bonds. The fourth-order valence-corrected chi connectivity index (χ4v) is 3.48. The summed E-state index contributed by atoms with van der Waals surface area (Å²) in [5, 5.41) is 6.78. The Morgan fingerprint density at radius 1 is 1.03 bits per heavy atom. The van der Waals surface area contributed by atoms with E-state index in [0.29, 0.717) is 39.5 Å². The number of carbonyl (C=O) groups excluding carboxylic acids is 1. The molecule has 0 aliphatic rings. The first-order chi connectivity index (χ1) is 13.9. The maximum atomic E-state index is 12.7. The molecule has 0 aliphatic heterocycles. The van der Waals surface area contributed by atoms with Crippen molar-refractivity contribution in [3.05, 3.63) is 77.3 Å². The fourth-order valence-electron chi connectivity index (χ4n) is 2.81. The Labute approximate surface area is 177 Å². The molecular weight excluding hydrogens is 414 g/mol. The van der Waals surface area contributed by atoms with Crippen LogP contribution in [-0.4, -0.2) is 11.7 Å². The number of halogens is 3. The number of amides is 1. The lowest BCUT2D eigenvalue weighted by Crippen LogP contribution is -2.07. The Bertz CT molecular complexity index is 979. The Morgan fingerprint density at radius 3 is 2.34 bits per heavy atom. The second kappa shape index (κ2) is 9.76. The van der Waals surface area contributed by atoms with E-state index >= 15 is 0 Å². The fraction of sp³-hybridized carbons (Fsp3) is 0.136. The molecule has 0 atom stereocenters. The smallest absolute Gasteiger partial charge is 0.288 e. The third kappa shape index (κ3) is 6.21. The maximum Gasteiger partial charge on any atom is 0.288 e. The van der Waals surface area contributed by atoms with Gasteiger partial charge in [0.2, 0.25) is 5.91 Å². The monoisotopic (exact) mass is 432 g/mol. The van der Waals surface area contributed by atoms with Crippen LogP contribution in [0.2, 0.25) is 5.02 Å². The summed E-state index contributed by atoms with van der Waals surface area (Å²) in [6, 6.07) is 20.1. The van der Waals surface area contributed by atoms with Crippen molar-refractivity contribution in [2.24, 2.45) is 0 Å². The second-order valence-electron chi connectivity index (χ2n) is 6.32. The van der Waals surface area contributed by atoms with Crippen molar-refractivity contribution in [1.29, 1.82) is 0 Å². The molecule has 7 heteroatoms. The molecule has 2 N–H and O–H groups in total. The predicted molar refractivity (Wildman–Crippen MR) is 117 cm³/mol. The number of hydrogen-bond acceptors (Lipinski definition) is 3. The van der Waals surface area contributed by atoms with Gasteiger partial charge in [-0.3, -0.25) is 4.79 Å². The first-order valence-corrected chi connectivity index (χ1v) is 10.1.